The van der Waals surface area contributed by atoms with Gasteiger partial charge in [-0.15, -0.1) is 0 Å². The molecule has 2 aromatic rings. The van der Waals surface area contributed by atoms with E-state index in [2.05, 4.69) is 21.2 Å². The van der Waals surface area contributed by atoms with Gasteiger partial charge < -0.3 is 11.1 Å². The number of nitrogens with one attached hydrogen (secondary N) is 1. The van der Waals surface area contributed by atoms with Crippen LogP contribution in [0.15, 0.2) is 34.8 Å². The first kappa shape index (κ1) is 16.3. The molecule has 0 amide bonds. The van der Waals surface area contributed by atoms with Crippen molar-refractivity contribution in [2.45, 2.75) is 19.9 Å². The van der Waals surface area contributed by atoms with Crippen LogP contribution in [0, 0.1) is 19.7 Å². The van der Waals surface area contributed by atoms with Gasteiger partial charge in [0.1, 0.15) is 5.82 Å². The molecule has 3 N–H and O–H groups in total. The third kappa shape index (κ3) is 3.76. The molecule has 0 aromatic heterocycles. The minimum absolute atomic E-state index is 0.269. The predicted octanol–water partition coefficient (Wildman–Crippen LogP) is 4.97. The summed E-state index contributed by atoms with van der Waals surface area (Å²) in [6.45, 7) is 4.30. The molecule has 0 spiro atoms. The smallest absolute Gasteiger partial charge is 0.128 e. The molecule has 0 aliphatic rings. The SMILES string of the molecule is Cc1cc(NC(CN)c2cc(Cl)ccc2F)cc(C)c1Br. The quantitative estimate of drug-likeness (QED) is 0.796. The summed E-state index contributed by atoms with van der Waals surface area (Å²) < 4.78 is 15.0. The fraction of sp³-hybridized carbons (Fsp3) is 0.250. The van der Waals surface area contributed by atoms with Crippen LogP contribution < -0.4 is 11.1 Å². The standard InChI is InChI=1S/C16H17BrClFN2/c1-9-5-12(6-10(2)16(9)17)21-15(8-20)13-7-11(18)3-4-14(13)19/h3-7,15,21H,8,20H2,1-2H3. The van der Waals surface area contributed by atoms with Gasteiger partial charge in [0.2, 0.25) is 0 Å². The summed E-state index contributed by atoms with van der Waals surface area (Å²) in [5.41, 5.74) is 9.40. The lowest BCUT2D eigenvalue weighted by atomic mass is 10.0. The molecule has 0 fully saturated rings. The zero-order valence-corrected chi connectivity index (χ0v) is 14.2. The Bertz CT molecular complexity index is 638. The molecule has 0 saturated carbocycles. The van der Waals surface area contributed by atoms with Gasteiger partial charge >= 0.3 is 0 Å². The molecular formula is C16H17BrClFN2. The summed E-state index contributed by atoms with van der Waals surface area (Å²) >= 11 is 9.48. The van der Waals surface area contributed by atoms with E-state index in [-0.39, 0.29) is 18.4 Å². The highest BCUT2D eigenvalue weighted by Crippen LogP contribution is 2.29. The maximum atomic E-state index is 14.0. The van der Waals surface area contributed by atoms with Crippen LogP contribution in [0.1, 0.15) is 22.7 Å². The molecule has 0 bridgehead atoms. The Hall–Kier alpha value is -1.10. The number of hydrogen-bond acceptors (Lipinski definition) is 2. The van der Waals surface area contributed by atoms with E-state index in [0.717, 1.165) is 21.3 Å². The molecule has 112 valence electrons. The molecule has 2 aromatic carbocycles. The number of aryl methyl sites for hydroxylation is 2. The van der Waals surface area contributed by atoms with Gasteiger partial charge in [-0.25, -0.2) is 4.39 Å². The first-order chi connectivity index (χ1) is 9.92. The molecule has 0 heterocycles. The van der Waals surface area contributed by atoms with Crippen molar-refractivity contribution in [1.29, 1.82) is 0 Å². The summed E-state index contributed by atoms with van der Waals surface area (Å²) in [6.07, 6.45) is 0. The largest absolute Gasteiger partial charge is 0.377 e. The van der Waals surface area contributed by atoms with E-state index >= 15 is 0 Å². The normalized spacial score (nSPS) is 12.3. The van der Waals surface area contributed by atoms with Crippen molar-refractivity contribution in [3.05, 3.63) is 62.3 Å². The molecule has 1 unspecified atom stereocenters. The van der Waals surface area contributed by atoms with Crippen LogP contribution in [0.25, 0.3) is 0 Å². The fourth-order valence-corrected chi connectivity index (χ4v) is 2.69. The average Bonchev–Trinajstić information content (AvgIpc) is 2.45. The van der Waals surface area contributed by atoms with Gasteiger partial charge in [-0.05, 0) is 55.3 Å². The highest BCUT2D eigenvalue weighted by atomic mass is 79.9. The molecule has 5 heteroatoms. The number of anilines is 1. The zero-order chi connectivity index (χ0) is 15.6. The van der Waals surface area contributed by atoms with Gasteiger partial charge in [-0.1, -0.05) is 27.5 Å². The van der Waals surface area contributed by atoms with Gasteiger partial charge in [0.15, 0.2) is 0 Å². The minimum atomic E-state index is -0.330. The summed E-state index contributed by atoms with van der Waals surface area (Å²) in [6, 6.07) is 8.18. The monoisotopic (exact) mass is 370 g/mol. The molecule has 0 aliphatic carbocycles. The summed E-state index contributed by atoms with van der Waals surface area (Å²) in [7, 11) is 0. The van der Waals surface area contributed by atoms with Crippen LogP contribution in [0.3, 0.4) is 0 Å². The Morgan fingerprint density at radius 2 is 1.86 bits per heavy atom. The summed E-state index contributed by atoms with van der Waals surface area (Å²) in [5.74, 6) is -0.312. The highest BCUT2D eigenvalue weighted by Gasteiger charge is 2.15. The number of rotatable bonds is 4. The van der Waals surface area contributed by atoms with E-state index in [4.69, 9.17) is 17.3 Å². The first-order valence-electron chi connectivity index (χ1n) is 6.60. The van der Waals surface area contributed by atoms with Gasteiger partial charge in [-0.3, -0.25) is 0 Å². The van der Waals surface area contributed by atoms with E-state index in [0.29, 0.717) is 10.6 Å². The van der Waals surface area contributed by atoms with Crippen molar-refractivity contribution in [1.82, 2.24) is 0 Å². The lowest BCUT2D eigenvalue weighted by Gasteiger charge is -2.20. The average molecular weight is 372 g/mol. The third-order valence-corrected chi connectivity index (χ3v) is 4.83. The van der Waals surface area contributed by atoms with Crippen LogP contribution in [0.4, 0.5) is 10.1 Å². The lowest BCUT2D eigenvalue weighted by Crippen LogP contribution is -2.21. The maximum absolute atomic E-state index is 14.0. The van der Waals surface area contributed by atoms with Gasteiger partial charge in [0.05, 0.1) is 6.04 Å². The number of benzene rings is 2. The fourth-order valence-electron chi connectivity index (χ4n) is 2.28. The second-order valence-electron chi connectivity index (χ2n) is 5.02. The van der Waals surface area contributed by atoms with Gasteiger partial charge in [0.25, 0.3) is 0 Å². The molecule has 0 aliphatic heterocycles. The molecule has 2 rings (SSSR count). The predicted molar refractivity (Wildman–Crippen MR) is 90.4 cm³/mol. The van der Waals surface area contributed by atoms with Crippen molar-refractivity contribution in [2.24, 2.45) is 5.73 Å². The van der Waals surface area contributed by atoms with E-state index in [1.54, 1.807) is 6.07 Å². The van der Waals surface area contributed by atoms with Crippen molar-refractivity contribution in [3.63, 3.8) is 0 Å². The molecule has 2 nitrogen and oxygen atoms in total. The number of halogens is 3. The number of nitrogens with two attached hydrogens (primary N) is 1. The second-order valence-corrected chi connectivity index (χ2v) is 6.25. The van der Waals surface area contributed by atoms with Crippen LogP contribution in [0.2, 0.25) is 5.02 Å². The maximum Gasteiger partial charge on any atom is 0.128 e. The van der Waals surface area contributed by atoms with E-state index < -0.39 is 0 Å². The number of hydrogen-bond donors (Lipinski definition) is 2. The van der Waals surface area contributed by atoms with Gasteiger partial charge in [0, 0.05) is 27.3 Å². The topological polar surface area (TPSA) is 38.0 Å². The summed E-state index contributed by atoms with van der Waals surface area (Å²) in [5, 5.41) is 3.77. The zero-order valence-electron chi connectivity index (χ0n) is 11.9. The summed E-state index contributed by atoms with van der Waals surface area (Å²) in [4.78, 5) is 0. The van der Waals surface area contributed by atoms with Crippen molar-refractivity contribution in [3.8, 4) is 0 Å². The Labute approximate surface area is 137 Å². The van der Waals surface area contributed by atoms with Crippen molar-refractivity contribution in [2.75, 3.05) is 11.9 Å². The van der Waals surface area contributed by atoms with E-state index in [9.17, 15) is 4.39 Å². The first-order valence-corrected chi connectivity index (χ1v) is 7.77. The molecule has 0 radical (unpaired) electrons. The van der Waals surface area contributed by atoms with E-state index in [1.807, 2.05) is 26.0 Å². The van der Waals surface area contributed by atoms with Gasteiger partial charge in [-0.2, -0.15) is 0 Å². The Balaban J connectivity index is 2.33. The minimum Gasteiger partial charge on any atom is -0.377 e. The van der Waals surface area contributed by atoms with Crippen molar-refractivity contribution < 1.29 is 4.39 Å². The second kappa shape index (κ2) is 6.77. The van der Waals surface area contributed by atoms with Crippen LogP contribution >= 0.6 is 27.5 Å². The van der Waals surface area contributed by atoms with Crippen LogP contribution in [-0.4, -0.2) is 6.54 Å². The van der Waals surface area contributed by atoms with Crippen LogP contribution in [-0.2, 0) is 0 Å². The Morgan fingerprint density at radius 3 is 2.43 bits per heavy atom. The third-order valence-electron chi connectivity index (χ3n) is 3.35. The van der Waals surface area contributed by atoms with Crippen molar-refractivity contribution >= 4 is 33.2 Å². The highest BCUT2D eigenvalue weighted by molar-refractivity contribution is 9.10. The molecule has 21 heavy (non-hydrogen) atoms. The Morgan fingerprint density at radius 1 is 1.24 bits per heavy atom. The lowest BCUT2D eigenvalue weighted by molar-refractivity contribution is 0.593. The molecule has 0 saturated heterocycles. The Kier molecular flexibility index (Phi) is 5.25. The van der Waals surface area contributed by atoms with E-state index in [1.165, 1.54) is 12.1 Å². The molecular weight excluding hydrogens is 355 g/mol. The van der Waals surface area contributed by atoms with Crippen LogP contribution in [0.5, 0.6) is 0 Å². The molecule has 1 atom stereocenters.